The summed E-state index contributed by atoms with van der Waals surface area (Å²) < 4.78 is 10.5. The van der Waals surface area contributed by atoms with Crippen molar-refractivity contribution in [1.29, 1.82) is 0 Å². The van der Waals surface area contributed by atoms with Crippen LogP contribution >= 0.6 is 0 Å². The smallest absolute Gasteiger partial charge is 0.339 e. The highest BCUT2D eigenvalue weighted by atomic mass is 16.5. The van der Waals surface area contributed by atoms with Crippen LogP contribution in [0.15, 0.2) is 12.1 Å². The number of methoxy groups -OCH3 is 1. The van der Waals surface area contributed by atoms with Gasteiger partial charge in [-0.25, -0.2) is 4.79 Å². The molecule has 2 N–H and O–H groups in total. The van der Waals surface area contributed by atoms with E-state index in [0.29, 0.717) is 17.9 Å². The van der Waals surface area contributed by atoms with Crippen molar-refractivity contribution in [3.63, 3.8) is 0 Å². The summed E-state index contributed by atoms with van der Waals surface area (Å²) in [5.74, 6) is -0.415. The fraction of sp³-hybridized carbons (Fsp3) is 0.533. The van der Waals surface area contributed by atoms with E-state index in [1.807, 2.05) is 13.0 Å². The molecule has 0 fully saturated rings. The Morgan fingerprint density at radius 1 is 1.37 bits per heavy atom. The first-order valence-corrected chi connectivity index (χ1v) is 6.42. The first kappa shape index (κ1) is 15.5. The number of hydrogen-bond donors (Lipinski definition) is 1. The summed E-state index contributed by atoms with van der Waals surface area (Å²) >= 11 is 0. The van der Waals surface area contributed by atoms with Gasteiger partial charge in [-0.2, -0.15) is 0 Å². The Hall–Kier alpha value is -1.55. The van der Waals surface area contributed by atoms with Crippen molar-refractivity contribution >= 4 is 11.7 Å². The molecule has 0 radical (unpaired) electrons. The maximum atomic E-state index is 11.5. The van der Waals surface area contributed by atoms with Crippen LogP contribution in [0.1, 0.15) is 48.7 Å². The average Bonchev–Trinajstić information content (AvgIpc) is 2.39. The Kier molecular flexibility index (Phi) is 4.95. The van der Waals surface area contributed by atoms with Gasteiger partial charge in [0.2, 0.25) is 0 Å². The largest absolute Gasteiger partial charge is 0.465 e. The van der Waals surface area contributed by atoms with E-state index < -0.39 is 5.97 Å². The molecule has 1 aromatic carbocycles. The fourth-order valence-electron chi connectivity index (χ4n) is 1.59. The number of nitrogens with two attached hydrogens (primary N) is 1. The third-order valence-electron chi connectivity index (χ3n) is 3.50. The van der Waals surface area contributed by atoms with Crippen LogP contribution in [0.5, 0.6) is 0 Å². The minimum Gasteiger partial charge on any atom is -0.465 e. The van der Waals surface area contributed by atoms with Crippen molar-refractivity contribution in [2.24, 2.45) is 0 Å². The maximum absolute atomic E-state index is 11.5. The highest BCUT2D eigenvalue weighted by molar-refractivity contribution is 5.95. The fourth-order valence-corrected chi connectivity index (χ4v) is 1.59. The van der Waals surface area contributed by atoms with Gasteiger partial charge in [0.25, 0.3) is 0 Å². The number of benzene rings is 1. The highest BCUT2D eigenvalue weighted by Crippen LogP contribution is 2.24. The molecule has 0 spiro atoms. The zero-order chi connectivity index (χ0) is 14.6. The molecule has 0 bridgehead atoms. The molecule has 0 heterocycles. The van der Waals surface area contributed by atoms with E-state index in [4.69, 9.17) is 15.2 Å². The van der Waals surface area contributed by atoms with E-state index in [0.717, 1.165) is 17.5 Å². The minimum absolute atomic E-state index is 0.164. The van der Waals surface area contributed by atoms with Crippen LogP contribution in [0.2, 0.25) is 0 Å². The standard InChI is InChI=1S/C15H23NO3/c1-6-15(3,4)19-9-11-7-8-12(14(17)18-5)13(16)10(11)2/h7-8H,6,9,16H2,1-5H3. The molecule has 106 valence electrons. The Balaban J connectivity index is 2.94. The number of ether oxygens (including phenoxy) is 2. The van der Waals surface area contributed by atoms with Crippen LogP contribution < -0.4 is 5.73 Å². The van der Waals surface area contributed by atoms with Crippen LogP contribution in [0.4, 0.5) is 5.69 Å². The second kappa shape index (κ2) is 6.06. The van der Waals surface area contributed by atoms with Gasteiger partial charge in [0.15, 0.2) is 0 Å². The van der Waals surface area contributed by atoms with Crippen LogP contribution in [0, 0.1) is 6.92 Å². The van der Waals surface area contributed by atoms with Gasteiger partial charge < -0.3 is 15.2 Å². The Labute approximate surface area is 114 Å². The lowest BCUT2D eigenvalue weighted by molar-refractivity contribution is -0.0318. The molecule has 4 nitrogen and oxygen atoms in total. The molecule has 1 rings (SSSR count). The van der Waals surface area contributed by atoms with E-state index in [-0.39, 0.29) is 5.60 Å². The Morgan fingerprint density at radius 3 is 2.53 bits per heavy atom. The van der Waals surface area contributed by atoms with Gasteiger partial charge >= 0.3 is 5.97 Å². The molecule has 19 heavy (non-hydrogen) atoms. The Bertz CT molecular complexity index is 467. The number of rotatable bonds is 5. The first-order chi connectivity index (χ1) is 8.82. The van der Waals surface area contributed by atoms with Gasteiger partial charge in [-0.3, -0.25) is 0 Å². The third-order valence-corrected chi connectivity index (χ3v) is 3.50. The molecule has 4 heteroatoms. The lowest BCUT2D eigenvalue weighted by Gasteiger charge is -2.24. The van der Waals surface area contributed by atoms with E-state index in [2.05, 4.69) is 20.8 Å². The highest BCUT2D eigenvalue weighted by Gasteiger charge is 2.18. The van der Waals surface area contributed by atoms with Crippen molar-refractivity contribution < 1.29 is 14.3 Å². The average molecular weight is 265 g/mol. The van der Waals surface area contributed by atoms with Crippen LogP contribution in [-0.2, 0) is 16.1 Å². The predicted octanol–water partition coefficient (Wildman–Crippen LogP) is 3.07. The van der Waals surface area contributed by atoms with Gasteiger partial charge in [0.1, 0.15) is 0 Å². The molecule has 0 aromatic heterocycles. The molecule has 0 unspecified atom stereocenters. The molecule has 0 amide bonds. The van der Waals surface area contributed by atoms with Gasteiger partial charge in [-0.1, -0.05) is 13.0 Å². The van der Waals surface area contributed by atoms with Crippen molar-refractivity contribution in [3.8, 4) is 0 Å². The van der Waals surface area contributed by atoms with Gasteiger partial charge in [0.05, 0.1) is 24.9 Å². The normalized spacial score (nSPS) is 11.4. The summed E-state index contributed by atoms with van der Waals surface area (Å²) in [6, 6.07) is 3.55. The Morgan fingerprint density at radius 2 is 2.00 bits per heavy atom. The van der Waals surface area contributed by atoms with Crippen molar-refractivity contribution in [2.45, 2.75) is 46.3 Å². The SMILES string of the molecule is CCC(C)(C)OCc1ccc(C(=O)OC)c(N)c1C. The number of carbonyl (C=O) groups is 1. The number of nitrogen functional groups attached to an aromatic ring is 1. The summed E-state index contributed by atoms with van der Waals surface area (Å²) in [5.41, 5.74) is 8.54. The summed E-state index contributed by atoms with van der Waals surface area (Å²) in [6.45, 7) is 8.56. The molecule has 0 atom stereocenters. The first-order valence-electron chi connectivity index (χ1n) is 6.42. The van der Waals surface area contributed by atoms with Crippen molar-refractivity contribution in [1.82, 2.24) is 0 Å². The molecular weight excluding hydrogens is 242 g/mol. The quantitative estimate of drug-likeness (QED) is 0.656. The summed E-state index contributed by atoms with van der Waals surface area (Å²) in [7, 11) is 1.35. The zero-order valence-electron chi connectivity index (χ0n) is 12.4. The van der Waals surface area contributed by atoms with E-state index in [9.17, 15) is 4.79 Å². The maximum Gasteiger partial charge on any atom is 0.339 e. The van der Waals surface area contributed by atoms with E-state index in [1.54, 1.807) is 6.07 Å². The van der Waals surface area contributed by atoms with Gasteiger partial charge in [-0.15, -0.1) is 0 Å². The summed E-state index contributed by atoms with van der Waals surface area (Å²) in [4.78, 5) is 11.5. The lowest BCUT2D eigenvalue weighted by Crippen LogP contribution is -2.23. The monoisotopic (exact) mass is 265 g/mol. The van der Waals surface area contributed by atoms with Gasteiger partial charge in [-0.05, 0) is 44.4 Å². The number of anilines is 1. The number of esters is 1. The molecule has 0 aliphatic heterocycles. The second-order valence-electron chi connectivity index (χ2n) is 5.20. The van der Waals surface area contributed by atoms with Crippen LogP contribution in [-0.4, -0.2) is 18.7 Å². The molecular formula is C15H23NO3. The van der Waals surface area contributed by atoms with Crippen LogP contribution in [0.3, 0.4) is 0 Å². The molecule has 0 saturated carbocycles. The molecule has 1 aromatic rings. The molecule has 0 aliphatic rings. The van der Waals surface area contributed by atoms with Gasteiger partial charge in [0, 0.05) is 5.69 Å². The van der Waals surface area contributed by atoms with E-state index >= 15 is 0 Å². The zero-order valence-corrected chi connectivity index (χ0v) is 12.4. The molecule has 0 saturated heterocycles. The van der Waals surface area contributed by atoms with Crippen LogP contribution in [0.25, 0.3) is 0 Å². The number of hydrogen-bond acceptors (Lipinski definition) is 4. The third kappa shape index (κ3) is 3.70. The van der Waals surface area contributed by atoms with E-state index in [1.165, 1.54) is 7.11 Å². The topological polar surface area (TPSA) is 61.5 Å². The predicted molar refractivity (Wildman–Crippen MR) is 76.1 cm³/mol. The lowest BCUT2D eigenvalue weighted by atomic mass is 10.0. The van der Waals surface area contributed by atoms with Crippen molar-refractivity contribution in [3.05, 3.63) is 28.8 Å². The van der Waals surface area contributed by atoms with Crippen molar-refractivity contribution in [2.75, 3.05) is 12.8 Å². The number of carbonyl (C=O) groups excluding carboxylic acids is 1. The second-order valence-corrected chi connectivity index (χ2v) is 5.20. The molecule has 0 aliphatic carbocycles. The summed E-state index contributed by atoms with van der Waals surface area (Å²) in [5, 5.41) is 0. The minimum atomic E-state index is -0.415. The summed E-state index contributed by atoms with van der Waals surface area (Å²) in [6.07, 6.45) is 0.932.